The highest BCUT2D eigenvalue weighted by Crippen LogP contribution is 2.37. The highest BCUT2D eigenvalue weighted by molar-refractivity contribution is 7.85. The molecule has 0 aliphatic carbocycles. The second-order valence-electron chi connectivity index (χ2n) is 8.62. The summed E-state index contributed by atoms with van der Waals surface area (Å²) >= 11 is 0. The molecule has 0 N–H and O–H groups in total. The normalized spacial score (nSPS) is 16.7. The number of hydrogen-bond acceptors (Lipinski definition) is 5. The molecule has 0 spiro atoms. The van der Waals surface area contributed by atoms with Crippen molar-refractivity contribution in [2.75, 3.05) is 23.7 Å². The van der Waals surface area contributed by atoms with E-state index < -0.39 is 18.4 Å². The Hall–Kier alpha value is -0.963. The van der Waals surface area contributed by atoms with Gasteiger partial charge in [-0.3, -0.25) is 0 Å². The molecule has 2 rings (SSSR count). The second kappa shape index (κ2) is 7.57. The smallest absolute Gasteiger partial charge is 0.192 e. The van der Waals surface area contributed by atoms with Crippen LogP contribution in [0, 0.1) is 11.7 Å². The first-order valence-corrected chi connectivity index (χ1v) is 13.4. The van der Waals surface area contributed by atoms with Crippen molar-refractivity contribution in [2.45, 2.75) is 51.9 Å². The van der Waals surface area contributed by atoms with Crippen LogP contribution in [0.2, 0.25) is 18.1 Å². The molecule has 1 heterocycles. The fraction of sp³-hybridized carbons (Fsp3) is 0.667. The third-order valence-electron chi connectivity index (χ3n) is 5.53. The van der Waals surface area contributed by atoms with Gasteiger partial charge in [0, 0.05) is 24.4 Å². The van der Waals surface area contributed by atoms with Crippen LogP contribution in [-0.4, -0.2) is 40.1 Å². The lowest BCUT2D eigenvalue weighted by Gasteiger charge is -2.41. The van der Waals surface area contributed by atoms with Gasteiger partial charge in [-0.1, -0.05) is 32.9 Å². The third kappa shape index (κ3) is 5.28. The number of halogens is 1. The summed E-state index contributed by atoms with van der Waals surface area (Å²) in [6, 6.07) is 5.29. The van der Waals surface area contributed by atoms with Crippen molar-refractivity contribution in [2.24, 2.45) is 5.92 Å². The fourth-order valence-corrected chi connectivity index (χ4v) is 4.23. The zero-order chi connectivity index (χ0) is 19.8. The summed E-state index contributed by atoms with van der Waals surface area (Å²) < 4.78 is 53.1. The Kier molecular flexibility index (Phi) is 6.22. The van der Waals surface area contributed by atoms with E-state index in [2.05, 4.69) is 33.9 Å². The van der Waals surface area contributed by atoms with Crippen molar-refractivity contribution in [1.29, 1.82) is 0 Å². The maximum absolute atomic E-state index is 14.9. The molecule has 0 unspecified atom stereocenters. The summed E-state index contributed by atoms with van der Waals surface area (Å²) in [5.41, 5.74) is 1.06. The standard InChI is InChI=1S/C18H30FNO4SSi/c1-18(2,3)26(4,5)24-13-15-7-6-8-16(17(15)19)20-11-14(12-20)9-10-25(21,22)23/h6-8,14H,9-13H2,1-5H3,(H,21,22,23)/p-1. The van der Waals surface area contributed by atoms with Crippen molar-refractivity contribution >= 4 is 24.1 Å². The number of rotatable bonds is 7. The van der Waals surface area contributed by atoms with E-state index in [-0.39, 0.29) is 29.1 Å². The molecule has 0 amide bonds. The van der Waals surface area contributed by atoms with Gasteiger partial charge in [0.1, 0.15) is 0 Å². The summed E-state index contributed by atoms with van der Waals surface area (Å²) in [6.07, 6.45) is 0.331. The SMILES string of the molecule is CC(C)(C)[Si](C)(C)OCc1cccc(N2CC(CCS(=O)(=O)[O-])C2)c1F. The van der Waals surface area contributed by atoms with Crippen LogP contribution >= 0.6 is 0 Å². The number of nitrogens with zero attached hydrogens (tertiary/aromatic N) is 1. The van der Waals surface area contributed by atoms with E-state index in [4.69, 9.17) is 4.43 Å². The van der Waals surface area contributed by atoms with Gasteiger partial charge in [-0.05, 0) is 36.5 Å². The van der Waals surface area contributed by atoms with Gasteiger partial charge >= 0.3 is 0 Å². The zero-order valence-electron chi connectivity index (χ0n) is 16.2. The van der Waals surface area contributed by atoms with Crippen LogP contribution in [0.3, 0.4) is 0 Å². The van der Waals surface area contributed by atoms with Gasteiger partial charge in [0.25, 0.3) is 0 Å². The van der Waals surface area contributed by atoms with E-state index in [9.17, 15) is 17.4 Å². The molecule has 1 fully saturated rings. The summed E-state index contributed by atoms with van der Waals surface area (Å²) in [6.45, 7) is 12.1. The van der Waals surface area contributed by atoms with Gasteiger partial charge < -0.3 is 13.9 Å². The summed E-state index contributed by atoms with van der Waals surface area (Å²) in [5.74, 6) is -0.514. The van der Waals surface area contributed by atoms with Crippen molar-refractivity contribution < 1.29 is 21.8 Å². The van der Waals surface area contributed by atoms with E-state index in [1.807, 2.05) is 11.0 Å². The molecule has 8 heteroatoms. The highest BCUT2D eigenvalue weighted by Gasteiger charge is 2.37. The van der Waals surface area contributed by atoms with Crippen LogP contribution in [0.4, 0.5) is 10.1 Å². The summed E-state index contributed by atoms with van der Waals surface area (Å²) in [5, 5.41) is 0.0632. The molecule has 0 bridgehead atoms. The molecule has 148 valence electrons. The first-order valence-electron chi connectivity index (χ1n) is 8.90. The molecular weight excluding hydrogens is 373 g/mol. The lowest BCUT2D eigenvalue weighted by molar-refractivity contribution is 0.271. The Balaban J connectivity index is 1.98. The first kappa shape index (κ1) is 21.3. The molecular formula is C18H29FNO4SSi-. The largest absolute Gasteiger partial charge is 0.748 e. The van der Waals surface area contributed by atoms with Crippen LogP contribution in [0.15, 0.2) is 18.2 Å². The van der Waals surface area contributed by atoms with E-state index in [1.165, 1.54) is 0 Å². The van der Waals surface area contributed by atoms with Crippen LogP contribution < -0.4 is 4.90 Å². The second-order valence-corrected chi connectivity index (χ2v) is 15.0. The van der Waals surface area contributed by atoms with Gasteiger partial charge in [-0.15, -0.1) is 0 Å². The molecule has 5 nitrogen and oxygen atoms in total. The number of anilines is 1. The highest BCUT2D eigenvalue weighted by atomic mass is 32.2. The Morgan fingerprint density at radius 1 is 1.31 bits per heavy atom. The van der Waals surface area contributed by atoms with E-state index in [0.717, 1.165) is 0 Å². The predicted octanol–water partition coefficient (Wildman–Crippen LogP) is 3.72. The van der Waals surface area contributed by atoms with Gasteiger partial charge in [-0.25, -0.2) is 12.8 Å². The summed E-state index contributed by atoms with van der Waals surface area (Å²) in [4.78, 5) is 1.88. The maximum Gasteiger partial charge on any atom is 0.192 e. The monoisotopic (exact) mass is 402 g/mol. The van der Waals surface area contributed by atoms with Gasteiger partial charge in [0.05, 0.1) is 22.4 Å². The molecule has 1 saturated heterocycles. The molecule has 0 radical (unpaired) electrons. The fourth-order valence-electron chi connectivity index (χ4n) is 2.66. The van der Waals surface area contributed by atoms with Crippen molar-refractivity contribution in [3.8, 4) is 0 Å². The van der Waals surface area contributed by atoms with Crippen molar-refractivity contribution in [3.63, 3.8) is 0 Å². The van der Waals surface area contributed by atoms with Gasteiger partial charge in [0.15, 0.2) is 14.1 Å². The Morgan fingerprint density at radius 2 is 1.92 bits per heavy atom. The molecule has 1 aliphatic heterocycles. The molecule has 1 aromatic rings. The number of benzene rings is 1. The topological polar surface area (TPSA) is 69.7 Å². The molecule has 0 atom stereocenters. The minimum absolute atomic E-state index is 0.0632. The Bertz CT molecular complexity index is 740. The minimum Gasteiger partial charge on any atom is -0.748 e. The molecule has 1 aromatic carbocycles. The average Bonchev–Trinajstić information content (AvgIpc) is 2.43. The first-order chi connectivity index (χ1) is 11.8. The van der Waals surface area contributed by atoms with Crippen molar-refractivity contribution in [3.05, 3.63) is 29.6 Å². The van der Waals surface area contributed by atoms with Crippen LogP contribution in [0.1, 0.15) is 32.8 Å². The predicted molar refractivity (Wildman–Crippen MR) is 103 cm³/mol. The molecule has 26 heavy (non-hydrogen) atoms. The quantitative estimate of drug-likeness (QED) is 0.513. The maximum atomic E-state index is 14.9. The van der Waals surface area contributed by atoms with E-state index in [1.54, 1.807) is 12.1 Å². The Labute approximate surface area is 157 Å². The third-order valence-corrected chi connectivity index (χ3v) is 10.7. The average molecular weight is 403 g/mol. The lowest BCUT2D eigenvalue weighted by atomic mass is 9.96. The molecule has 0 saturated carbocycles. The summed E-state index contributed by atoms with van der Waals surface area (Å²) in [7, 11) is -6.14. The van der Waals surface area contributed by atoms with E-state index in [0.29, 0.717) is 30.8 Å². The van der Waals surface area contributed by atoms with E-state index >= 15 is 0 Å². The molecule has 1 aliphatic rings. The van der Waals surface area contributed by atoms with Crippen molar-refractivity contribution in [1.82, 2.24) is 0 Å². The minimum atomic E-state index is -4.18. The number of hydrogen-bond donors (Lipinski definition) is 0. The van der Waals surface area contributed by atoms with Crippen LogP contribution in [0.5, 0.6) is 0 Å². The van der Waals surface area contributed by atoms with Crippen LogP contribution in [0.25, 0.3) is 0 Å². The van der Waals surface area contributed by atoms with Crippen LogP contribution in [-0.2, 0) is 21.2 Å². The Morgan fingerprint density at radius 3 is 2.46 bits per heavy atom. The lowest BCUT2D eigenvalue weighted by Crippen LogP contribution is -2.47. The van der Waals surface area contributed by atoms with Gasteiger partial charge in [0.2, 0.25) is 0 Å². The van der Waals surface area contributed by atoms with Gasteiger partial charge in [-0.2, -0.15) is 0 Å². The molecule has 0 aromatic heterocycles. The zero-order valence-corrected chi connectivity index (χ0v) is 18.0.